The van der Waals surface area contributed by atoms with Crippen LogP contribution in [-0.2, 0) is 8.85 Å². The lowest BCUT2D eigenvalue weighted by Crippen LogP contribution is -2.44. The Bertz CT molecular complexity index is 269. The predicted octanol–water partition coefficient (Wildman–Crippen LogP) is 8.15. The SMILES string of the molecule is CCCCO[Si](CCC)(CCC)CC[Si](CCC)(CCC)OCCCC. The summed E-state index contributed by atoms with van der Waals surface area (Å²) in [4.78, 5) is 0. The van der Waals surface area contributed by atoms with Gasteiger partial charge in [0, 0.05) is 13.2 Å². The second-order valence-electron chi connectivity index (χ2n) is 8.27. The topological polar surface area (TPSA) is 18.5 Å². The van der Waals surface area contributed by atoms with Crippen LogP contribution in [0.3, 0.4) is 0 Å². The Morgan fingerprint density at radius 3 is 0.962 bits per heavy atom. The van der Waals surface area contributed by atoms with Crippen molar-refractivity contribution in [3.05, 3.63) is 0 Å². The lowest BCUT2D eigenvalue weighted by Gasteiger charge is -2.37. The summed E-state index contributed by atoms with van der Waals surface area (Å²) >= 11 is 0. The molecule has 158 valence electrons. The van der Waals surface area contributed by atoms with Crippen molar-refractivity contribution >= 4 is 16.6 Å². The molecule has 0 spiro atoms. The monoisotopic (exact) mass is 402 g/mol. The zero-order chi connectivity index (χ0) is 19.7. The molecule has 0 aromatic rings. The van der Waals surface area contributed by atoms with Crippen molar-refractivity contribution in [2.75, 3.05) is 13.2 Å². The predicted molar refractivity (Wildman–Crippen MR) is 123 cm³/mol. The molecule has 0 fully saturated rings. The third-order valence-electron chi connectivity index (χ3n) is 5.67. The van der Waals surface area contributed by atoms with Crippen LogP contribution < -0.4 is 0 Å². The quantitative estimate of drug-likeness (QED) is 0.160. The van der Waals surface area contributed by atoms with Gasteiger partial charge in [-0.25, -0.2) is 0 Å². The molecule has 0 bridgehead atoms. The highest BCUT2D eigenvalue weighted by Gasteiger charge is 2.39. The van der Waals surface area contributed by atoms with Crippen molar-refractivity contribution < 1.29 is 8.85 Å². The Hall–Kier alpha value is 0.354. The van der Waals surface area contributed by atoms with Gasteiger partial charge in [0.2, 0.25) is 0 Å². The van der Waals surface area contributed by atoms with Crippen molar-refractivity contribution in [3.63, 3.8) is 0 Å². The lowest BCUT2D eigenvalue weighted by atomic mass is 10.4. The molecule has 26 heavy (non-hydrogen) atoms. The molecule has 0 aromatic carbocycles. The van der Waals surface area contributed by atoms with E-state index in [0.717, 1.165) is 13.2 Å². The molecule has 0 saturated carbocycles. The van der Waals surface area contributed by atoms with Gasteiger partial charge >= 0.3 is 0 Å². The number of hydrogen-bond acceptors (Lipinski definition) is 2. The average molecular weight is 403 g/mol. The van der Waals surface area contributed by atoms with Gasteiger partial charge in [-0.2, -0.15) is 0 Å². The minimum atomic E-state index is -1.59. The molecule has 0 N–H and O–H groups in total. The van der Waals surface area contributed by atoms with Crippen LogP contribution in [-0.4, -0.2) is 29.8 Å². The molecule has 0 amide bonds. The molecule has 0 rings (SSSR count). The maximum atomic E-state index is 6.73. The van der Waals surface area contributed by atoms with Gasteiger partial charge < -0.3 is 8.85 Å². The molecule has 0 aromatic heterocycles. The molecule has 4 heteroatoms. The van der Waals surface area contributed by atoms with E-state index >= 15 is 0 Å². The van der Waals surface area contributed by atoms with Crippen LogP contribution >= 0.6 is 0 Å². The lowest BCUT2D eigenvalue weighted by molar-refractivity contribution is 0.280. The highest BCUT2D eigenvalue weighted by Crippen LogP contribution is 2.35. The van der Waals surface area contributed by atoms with Gasteiger partial charge in [0.05, 0.1) is 0 Å². The van der Waals surface area contributed by atoms with E-state index in [-0.39, 0.29) is 0 Å². The number of hydrogen-bond donors (Lipinski definition) is 0. The van der Waals surface area contributed by atoms with Gasteiger partial charge in [-0.15, -0.1) is 0 Å². The Kier molecular flexibility index (Phi) is 16.5. The summed E-state index contributed by atoms with van der Waals surface area (Å²) in [5, 5.41) is 0. The molecule has 0 radical (unpaired) electrons. The van der Waals surface area contributed by atoms with Gasteiger partial charge in [-0.1, -0.05) is 80.1 Å². The summed E-state index contributed by atoms with van der Waals surface area (Å²) in [6, 6.07) is 8.11. The maximum absolute atomic E-state index is 6.73. The first-order valence-electron chi connectivity index (χ1n) is 11.8. The number of unbranched alkanes of at least 4 members (excludes halogenated alkanes) is 2. The fraction of sp³-hybridized carbons (Fsp3) is 1.00. The largest absolute Gasteiger partial charge is 0.417 e. The minimum Gasteiger partial charge on any atom is -0.417 e. The Labute approximate surface area is 168 Å². The van der Waals surface area contributed by atoms with Gasteiger partial charge in [-0.05, 0) is 49.1 Å². The zero-order valence-corrected chi connectivity index (χ0v) is 21.1. The van der Waals surface area contributed by atoms with Crippen molar-refractivity contribution in [1.82, 2.24) is 0 Å². The highest BCUT2D eigenvalue weighted by molar-refractivity contribution is 6.79. The Morgan fingerprint density at radius 1 is 0.423 bits per heavy atom. The standard InChI is InChI=1S/C22H50O2Si2/c1-7-13-15-23-25(17-9-3,18-10-4)21-22-26(19-11-5,20-12-6)24-16-14-8-2/h7-22H2,1-6H3. The Morgan fingerprint density at radius 2 is 0.731 bits per heavy atom. The summed E-state index contributed by atoms with van der Waals surface area (Å²) in [6.07, 6.45) is 10.1. The van der Waals surface area contributed by atoms with E-state index in [2.05, 4.69) is 41.5 Å². The van der Waals surface area contributed by atoms with Gasteiger partial charge in [-0.3, -0.25) is 0 Å². The summed E-state index contributed by atoms with van der Waals surface area (Å²) in [6.45, 7) is 15.9. The average Bonchev–Trinajstić information content (AvgIpc) is 2.61. The number of rotatable bonds is 19. The molecule has 0 saturated heterocycles. The van der Waals surface area contributed by atoms with Crippen molar-refractivity contribution in [1.29, 1.82) is 0 Å². The van der Waals surface area contributed by atoms with Gasteiger partial charge in [0.15, 0.2) is 16.6 Å². The smallest absolute Gasteiger partial charge is 0.192 e. The van der Waals surface area contributed by atoms with Crippen molar-refractivity contribution in [2.24, 2.45) is 0 Å². The van der Waals surface area contributed by atoms with Crippen LogP contribution in [0, 0.1) is 0 Å². The highest BCUT2D eigenvalue weighted by atomic mass is 28.4. The first kappa shape index (κ1) is 26.4. The Balaban J connectivity index is 5.17. The third-order valence-corrected chi connectivity index (χ3v) is 15.8. The first-order valence-corrected chi connectivity index (χ1v) is 16.9. The van der Waals surface area contributed by atoms with E-state index in [1.54, 1.807) is 0 Å². The van der Waals surface area contributed by atoms with Gasteiger partial charge in [0.1, 0.15) is 0 Å². The van der Waals surface area contributed by atoms with E-state index in [9.17, 15) is 0 Å². The second kappa shape index (κ2) is 16.3. The summed E-state index contributed by atoms with van der Waals surface area (Å²) in [7, 11) is -3.19. The summed E-state index contributed by atoms with van der Waals surface area (Å²) < 4.78 is 13.5. The van der Waals surface area contributed by atoms with E-state index in [4.69, 9.17) is 8.85 Å². The molecule has 2 nitrogen and oxygen atoms in total. The fourth-order valence-corrected chi connectivity index (χ4v) is 15.1. The third kappa shape index (κ3) is 10.6. The van der Waals surface area contributed by atoms with E-state index in [1.165, 1.54) is 87.6 Å². The normalized spacial score (nSPS) is 12.7. The summed E-state index contributed by atoms with van der Waals surface area (Å²) in [5.41, 5.74) is 0. The van der Waals surface area contributed by atoms with Crippen LogP contribution in [0.5, 0.6) is 0 Å². The first-order chi connectivity index (χ1) is 12.6. The molecular weight excluding hydrogens is 352 g/mol. The van der Waals surface area contributed by atoms with Crippen LogP contribution in [0.2, 0.25) is 36.3 Å². The second-order valence-corrected chi connectivity index (χ2v) is 16.6. The molecule has 0 unspecified atom stereocenters. The van der Waals surface area contributed by atoms with Crippen LogP contribution in [0.25, 0.3) is 0 Å². The van der Waals surface area contributed by atoms with Crippen molar-refractivity contribution in [2.45, 2.75) is 129 Å². The molecule has 0 heterocycles. The van der Waals surface area contributed by atoms with E-state index in [0.29, 0.717) is 0 Å². The molecule has 0 aliphatic rings. The maximum Gasteiger partial charge on any atom is 0.192 e. The van der Waals surface area contributed by atoms with E-state index < -0.39 is 16.6 Å². The molecule has 0 atom stereocenters. The summed E-state index contributed by atoms with van der Waals surface area (Å²) in [5.74, 6) is 0. The molecular formula is C22H50O2Si2. The van der Waals surface area contributed by atoms with Gasteiger partial charge in [0.25, 0.3) is 0 Å². The van der Waals surface area contributed by atoms with Crippen LogP contribution in [0.1, 0.15) is 92.9 Å². The van der Waals surface area contributed by atoms with Crippen LogP contribution in [0.15, 0.2) is 0 Å². The molecule has 0 aliphatic heterocycles. The zero-order valence-electron chi connectivity index (χ0n) is 19.1. The molecule has 0 aliphatic carbocycles. The van der Waals surface area contributed by atoms with Crippen molar-refractivity contribution in [3.8, 4) is 0 Å². The minimum absolute atomic E-state index is 0.996. The fourth-order valence-electron chi connectivity index (χ4n) is 4.33. The van der Waals surface area contributed by atoms with E-state index in [1.807, 2.05) is 0 Å². The van der Waals surface area contributed by atoms with Crippen LogP contribution in [0.4, 0.5) is 0 Å².